The third kappa shape index (κ3) is 3.95. The minimum atomic E-state index is -0.438. The molecule has 0 bridgehead atoms. The van der Waals surface area contributed by atoms with Gasteiger partial charge in [-0.15, -0.1) is 0 Å². The molecule has 2 rings (SSSR count). The third-order valence-corrected chi connectivity index (χ3v) is 3.68. The lowest BCUT2D eigenvalue weighted by atomic mass is 10.1. The molecule has 118 valence electrons. The van der Waals surface area contributed by atoms with Crippen molar-refractivity contribution in [2.24, 2.45) is 0 Å². The van der Waals surface area contributed by atoms with E-state index >= 15 is 0 Å². The van der Waals surface area contributed by atoms with Crippen LogP contribution in [0.1, 0.15) is 31.7 Å². The Bertz CT molecular complexity index is 554. The summed E-state index contributed by atoms with van der Waals surface area (Å²) in [6.07, 6.45) is 3.90. The highest BCUT2D eigenvalue weighted by molar-refractivity contribution is 5.97. The third-order valence-electron chi connectivity index (χ3n) is 3.68. The highest BCUT2D eigenvalue weighted by Crippen LogP contribution is 2.16. The van der Waals surface area contributed by atoms with Gasteiger partial charge in [-0.1, -0.05) is 43.3 Å². The largest absolute Gasteiger partial charge is 0.337 e. The Balaban J connectivity index is 1.97. The van der Waals surface area contributed by atoms with Crippen molar-refractivity contribution in [3.63, 3.8) is 0 Å². The fraction of sp³-hybridized carbons (Fsp3) is 0.412. The molecule has 1 aromatic carbocycles. The summed E-state index contributed by atoms with van der Waals surface area (Å²) in [5, 5.41) is 10.4. The summed E-state index contributed by atoms with van der Waals surface area (Å²) in [6, 6.07) is 9.94. The van der Waals surface area contributed by atoms with Crippen LogP contribution in [0.5, 0.6) is 0 Å². The molecule has 1 heterocycles. The summed E-state index contributed by atoms with van der Waals surface area (Å²) in [7, 11) is 0. The number of hydroxylamine groups is 2. The SMILES string of the molecule is CCCC(=O)N(O)C1=CCCN(CCc2ccccc2)C1=O. The number of hydrogen-bond donors (Lipinski definition) is 1. The van der Waals surface area contributed by atoms with Crippen LogP contribution in [0.15, 0.2) is 42.1 Å². The van der Waals surface area contributed by atoms with E-state index in [1.54, 1.807) is 11.0 Å². The number of amides is 2. The summed E-state index contributed by atoms with van der Waals surface area (Å²) in [6.45, 7) is 3.05. The molecule has 22 heavy (non-hydrogen) atoms. The van der Waals surface area contributed by atoms with Crippen LogP contribution in [-0.2, 0) is 16.0 Å². The minimum Gasteiger partial charge on any atom is -0.337 e. The van der Waals surface area contributed by atoms with Gasteiger partial charge in [0.1, 0.15) is 5.70 Å². The van der Waals surface area contributed by atoms with Gasteiger partial charge in [-0.05, 0) is 24.8 Å². The maximum atomic E-state index is 12.4. The molecule has 1 aromatic rings. The molecule has 0 saturated carbocycles. The molecule has 0 aromatic heterocycles. The first-order chi connectivity index (χ1) is 10.6. The van der Waals surface area contributed by atoms with Gasteiger partial charge in [0.15, 0.2) is 0 Å². The standard InChI is InChI=1S/C17H22N2O3/c1-2-7-16(20)19(22)15-10-6-12-18(17(15)21)13-11-14-8-4-3-5-9-14/h3-5,8-10,22H,2,6-7,11-13H2,1H3. The molecule has 0 saturated heterocycles. The van der Waals surface area contributed by atoms with E-state index in [4.69, 9.17) is 0 Å². The summed E-state index contributed by atoms with van der Waals surface area (Å²) >= 11 is 0. The highest BCUT2D eigenvalue weighted by Gasteiger charge is 2.28. The lowest BCUT2D eigenvalue weighted by Gasteiger charge is -2.29. The van der Waals surface area contributed by atoms with Gasteiger partial charge >= 0.3 is 0 Å². The van der Waals surface area contributed by atoms with E-state index in [-0.39, 0.29) is 18.0 Å². The van der Waals surface area contributed by atoms with Crippen LogP contribution in [0.2, 0.25) is 0 Å². The molecule has 0 atom stereocenters. The van der Waals surface area contributed by atoms with E-state index < -0.39 is 5.91 Å². The molecule has 0 fully saturated rings. The van der Waals surface area contributed by atoms with Gasteiger partial charge in [0.25, 0.3) is 11.8 Å². The number of carbonyl (C=O) groups excluding carboxylic acids is 2. The van der Waals surface area contributed by atoms with Crippen molar-refractivity contribution in [2.45, 2.75) is 32.6 Å². The molecular formula is C17H22N2O3. The Morgan fingerprint density at radius 2 is 2.05 bits per heavy atom. The second-order valence-electron chi connectivity index (χ2n) is 5.36. The molecule has 2 amide bonds. The van der Waals surface area contributed by atoms with E-state index in [0.717, 1.165) is 12.0 Å². The normalized spacial score (nSPS) is 14.7. The van der Waals surface area contributed by atoms with Gasteiger partial charge in [0, 0.05) is 19.5 Å². The number of benzene rings is 1. The lowest BCUT2D eigenvalue weighted by Crippen LogP contribution is -2.43. The van der Waals surface area contributed by atoms with Crippen LogP contribution in [0, 0.1) is 0 Å². The van der Waals surface area contributed by atoms with Crippen LogP contribution in [0.25, 0.3) is 0 Å². The predicted molar refractivity (Wildman–Crippen MR) is 83.0 cm³/mol. The fourth-order valence-electron chi connectivity index (χ4n) is 2.46. The summed E-state index contributed by atoms with van der Waals surface area (Å²) in [5.41, 5.74) is 1.24. The summed E-state index contributed by atoms with van der Waals surface area (Å²) in [4.78, 5) is 25.8. The Kier molecular flexibility index (Phi) is 5.72. The molecule has 0 radical (unpaired) electrons. The molecule has 1 aliphatic rings. The minimum absolute atomic E-state index is 0.0813. The molecule has 1 N–H and O–H groups in total. The number of rotatable bonds is 6. The van der Waals surface area contributed by atoms with Crippen LogP contribution >= 0.6 is 0 Å². The van der Waals surface area contributed by atoms with Crippen molar-refractivity contribution in [3.05, 3.63) is 47.7 Å². The molecule has 0 aliphatic carbocycles. The summed E-state index contributed by atoms with van der Waals surface area (Å²) < 4.78 is 0. The first-order valence-electron chi connectivity index (χ1n) is 7.68. The molecule has 5 nitrogen and oxygen atoms in total. The van der Waals surface area contributed by atoms with E-state index in [2.05, 4.69) is 0 Å². The Morgan fingerprint density at radius 3 is 2.73 bits per heavy atom. The van der Waals surface area contributed by atoms with Crippen LogP contribution in [0.3, 0.4) is 0 Å². The second kappa shape index (κ2) is 7.75. The zero-order valence-corrected chi connectivity index (χ0v) is 12.9. The quantitative estimate of drug-likeness (QED) is 0.648. The molecule has 1 aliphatic heterocycles. The van der Waals surface area contributed by atoms with Crippen molar-refractivity contribution in [1.82, 2.24) is 9.96 Å². The van der Waals surface area contributed by atoms with E-state index in [1.165, 1.54) is 0 Å². The number of carbonyl (C=O) groups is 2. The molecular weight excluding hydrogens is 280 g/mol. The van der Waals surface area contributed by atoms with Crippen molar-refractivity contribution in [1.29, 1.82) is 0 Å². The predicted octanol–water partition coefficient (Wildman–Crippen LogP) is 2.36. The first-order valence-corrected chi connectivity index (χ1v) is 7.68. The molecule has 0 unspecified atom stereocenters. The average Bonchev–Trinajstić information content (AvgIpc) is 2.54. The molecule has 0 spiro atoms. The number of hydrogen-bond acceptors (Lipinski definition) is 3. The van der Waals surface area contributed by atoms with Gasteiger partial charge < -0.3 is 4.90 Å². The van der Waals surface area contributed by atoms with Crippen LogP contribution in [-0.4, -0.2) is 40.1 Å². The van der Waals surface area contributed by atoms with Gasteiger partial charge in [-0.25, -0.2) is 0 Å². The lowest BCUT2D eigenvalue weighted by molar-refractivity contribution is -0.162. The van der Waals surface area contributed by atoms with Crippen LogP contribution < -0.4 is 0 Å². The fourth-order valence-corrected chi connectivity index (χ4v) is 2.46. The number of nitrogens with zero attached hydrogens (tertiary/aromatic N) is 2. The van der Waals surface area contributed by atoms with Crippen molar-refractivity contribution >= 4 is 11.8 Å². The maximum absolute atomic E-state index is 12.4. The van der Waals surface area contributed by atoms with E-state index in [1.807, 2.05) is 37.3 Å². The zero-order chi connectivity index (χ0) is 15.9. The zero-order valence-electron chi connectivity index (χ0n) is 12.9. The van der Waals surface area contributed by atoms with Crippen molar-refractivity contribution < 1.29 is 14.8 Å². The average molecular weight is 302 g/mol. The topological polar surface area (TPSA) is 60.9 Å². The maximum Gasteiger partial charge on any atom is 0.272 e. The second-order valence-corrected chi connectivity index (χ2v) is 5.36. The van der Waals surface area contributed by atoms with E-state index in [9.17, 15) is 14.8 Å². The Labute approximate surface area is 130 Å². The van der Waals surface area contributed by atoms with Gasteiger partial charge in [0.05, 0.1) is 0 Å². The van der Waals surface area contributed by atoms with E-state index in [0.29, 0.717) is 31.0 Å². The van der Waals surface area contributed by atoms with Gasteiger partial charge in [-0.2, -0.15) is 5.06 Å². The Hall–Kier alpha value is -2.14. The molecule has 5 heteroatoms. The van der Waals surface area contributed by atoms with Gasteiger partial charge in [0.2, 0.25) is 0 Å². The van der Waals surface area contributed by atoms with Crippen LogP contribution in [0.4, 0.5) is 0 Å². The van der Waals surface area contributed by atoms with Crippen molar-refractivity contribution in [2.75, 3.05) is 13.1 Å². The smallest absolute Gasteiger partial charge is 0.272 e. The van der Waals surface area contributed by atoms with Gasteiger partial charge in [-0.3, -0.25) is 14.8 Å². The monoisotopic (exact) mass is 302 g/mol. The Morgan fingerprint density at radius 1 is 1.32 bits per heavy atom. The highest BCUT2D eigenvalue weighted by atomic mass is 16.5. The van der Waals surface area contributed by atoms with Crippen molar-refractivity contribution in [3.8, 4) is 0 Å². The first kappa shape index (κ1) is 16.2. The summed E-state index contributed by atoms with van der Waals surface area (Å²) in [5.74, 6) is -0.721.